The lowest BCUT2D eigenvalue weighted by molar-refractivity contribution is -0.122. The summed E-state index contributed by atoms with van der Waals surface area (Å²) in [4.78, 5) is 12.7. The molecule has 2 aromatic carbocycles. The smallest absolute Gasteiger partial charge is 0.232 e. The average molecular weight is 359 g/mol. The number of halogens is 1. The predicted octanol–water partition coefficient (Wildman–Crippen LogP) is 3.80. The third-order valence-electron chi connectivity index (χ3n) is 5.23. The van der Waals surface area contributed by atoms with Crippen LogP contribution in [0, 0.1) is 0 Å². The highest BCUT2D eigenvalue weighted by Gasteiger charge is 2.40. The van der Waals surface area contributed by atoms with Crippen molar-refractivity contribution in [3.05, 3.63) is 71.8 Å². The predicted molar refractivity (Wildman–Crippen MR) is 105 cm³/mol. The minimum Gasteiger partial charge on any atom is -0.369 e. The SMILES string of the molecule is Cl.NC(=O)C(CCC1CCCCN1)(c1ccccc1)c1ccccc1. The fourth-order valence-corrected chi connectivity index (χ4v) is 3.87. The van der Waals surface area contributed by atoms with E-state index < -0.39 is 5.41 Å². The van der Waals surface area contributed by atoms with Crippen LogP contribution in [0.15, 0.2) is 60.7 Å². The van der Waals surface area contributed by atoms with Crippen molar-refractivity contribution in [2.24, 2.45) is 5.73 Å². The Bertz CT molecular complexity index is 615. The summed E-state index contributed by atoms with van der Waals surface area (Å²) in [6, 6.07) is 20.4. The molecule has 0 spiro atoms. The van der Waals surface area contributed by atoms with E-state index in [-0.39, 0.29) is 18.3 Å². The molecule has 25 heavy (non-hydrogen) atoms. The van der Waals surface area contributed by atoms with Gasteiger partial charge in [0.05, 0.1) is 5.41 Å². The largest absolute Gasteiger partial charge is 0.369 e. The van der Waals surface area contributed by atoms with Gasteiger partial charge in [0.15, 0.2) is 0 Å². The highest BCUT2D eigenvalue weighted by molar-refractivity contribution is 5.90. The first-order chi connectivity index (χ1) is 11.7. The molecule has 0 saturated carbocycles. The molecule has 0 radical (unpaired) electrons. The number of amides is 1. The molecule has 4 heteroatoms. The monoisotopic (exact) mass is 358 g/mol. The normalized spacial score (nSPS) is 17.5. The van der Waals surface area contributed by atoms with E-state index in [2.05, 4.69) is 5.32 Å². The van der Waals surface area contributed by atoms with E-state index in [1.54, 1.807) is 0 Å². The summed E-state index contributed by atoms with van der Waals surface area (Å²) in [5, 5.41) is 3.58. The third-order valence-corrected chi connectivity index (χ3v) is 5.23. The molecule has 3 rings (SSSR count). The first-order valence-electron chi connectivity index (χ1n) is 8.88. The van der Waals surface area contributed by atoms with E-state index in [4.69, 9.17) is 5.73 Å². The second-order valence-corrected chi connectivity index (χ2v) is 6.69. The Morgan fingerprint density at radius 3 is 2.00 bits per heavy atom. The zero-order chi connectivity index (χ0) is 16.8. The van der Waals surface area contributed by atoms with Gasteiger partial charge >= 0.3 is 0 Å². The van der Waals surface area contributed by atoms with Gasteiger partial charge in [-0.25, -0.2) is 0 Å². The minimum absolute atomic E-state index is 0. The van der Waals surface area contributed by atoms with E-state index in [9.17, 15) is 4.79 Å². The van der Waals surface area contributed by atoms with Gasteiger partial charge in [-0.3, -0.25) is 4.79 Å². The number of rotatable bonds is 6. The molecule has 0 aliphatic carbocycles. The molecule has 3 nitrogen and oxygen atoms in total. The Balaban J connectivity index is 0.00000225. The van der Waals surface area contributed by atoms with Crippen molar-refractivity contribution in [1.29, 1.82) is 0 Å². The molecular weight excluding hydrogens is 332 g/mol. The molecule has 134 valence electrons. The summed E-state index contributed by atoms with van der Waals surface area (Å²) >= 11 is 0. The number of carbonyl (C=O) groups excluding carboxylic acids is 1. The Morgan fingerprint density at radius 1 is 1.00 bits per heavy atom. The standard InChI is InChI=1S/C21H26N2O.ClH/c22-20(24)21(17-9-3-1-4-10-17,18-11-5-2-6-12-18)15-14-19-13-7-8-16-23-19;/h1-6,9-12,19,23H,7-8,13-16H2,(H2,22,24);1H. The molecule has 1 aliphatic heterocycles. The quantitative estimate of drug-likeness (QED) is 0.825. The summed E-state index contributed by atoms with van der Waals surface area (Å²) < 4.78 is 0. The van der Waals surface area contributed by atoms with Gasteiger partial charge in [-0.05, 0) is 43.4 Å². The summed E-state index contributed by atoms with van der Waals surface area (Å²) in [6.45, 7) is 1.07. The molecule has 1 fully saturated rings. The highest BCUT2D eigenvalue weighted by atomic mass is 35.5. The van der Waals surface area contributed by atoms with Gasteiger partial charge in [0.25, 0.3) is 0 Å². The van der Waals surface area contributed by atoms with Gasteiger partial charge in [-0.15, -0.1) is 12.4 Å². The highest BCUT2D eigenvalue weighted by Crippen LogP contribution is 2.37. The number of benzene rings is 2. The Hall–Kier alpha value is -1.84. The van der Waals surface area contributed by atoms with Gasteiger partial charge in [-0.1, -0.05) is 67.1 Å². The van der Waals surface area contributed by atoms with Gasteiger partial charge in [0, 0.05) is 6.04 Å². The minimum atomic E-state index is -0.762. The molecule has 1 aliphatic rings. The van der Waals surface area contributed by atoms with Crippen LogP contribution in [0.3, 0.4) is 0 Å². The molecule has 0 bridgehead atoms. The third kappa shape index (κ3) is 4.23. The maximum absolute atomic E-state index is 12.7. The Kier molecular flexibility index (Phi) is 7.03. The topological polar surface area (TPSA) is 55.1 Å². The van der Waals surface area contributed by atoms with E-state index in [0.29, 0.717) is 6.04 Å². The number of hydrogen-bond donors (Lipinski definition) is 2. The van der Waals surface area contributed by atoms with Crippen LogP contribution in [0.5, 0.6) is 0 Å². The molecule has 1 atom stereocenters. The van der Waals surface area contributed by atoms with Crippen molar-refractivity contribution in [2.45, 2.75) is 43.6 Å². The number of nitrogens with two attached hydrogens (primary N) is 1. The lowest BCUT2D eigenvalue weighted by Gasteiger charge is -2.34. The second-order valence-electron chi connectivity index (χ2n) is 6.69. The zero-order valence-corrected chi connectivity index (χ0v) is 15.3. The average Bonchev–Trinajstić information content (AvgIpc) is 2.65. The maximum Gasteiger partial charge on any atom is 0.232 e. The van der Waals surface area contributed by atoms with Gasteiger partial charge in [0.1, 0.15) is 0 Å². The molecule has 0 aromatic heterocycles. The van der Waals surface area contributed by atoms with Crippen LogP contribution >= 0.6 is 12.4 Å². The van der Waals surface area contributed by atoms with Crippen LogP contribution in [0.4, 0.5) is 0 Å². The van der Waals surface area contributed by atoms with Gasteiger partial charge in [-0.2, -0.15) is 0 Å². The Morgan fingerprint density at radius 2 is 1.56 bits per heavy atom. The molecular formula is C21H27ClN2O. The fourth-order valence-electron chi connectivity index (χ4n) is 3.87. The van der Waals surface area contributed by atoms with Crippen LogP contribution < -0.4 is 11.1 Å². The number of primary amides is 1. The number of hydrogen-bond acceptors (Lipinski definition) is 2. The van der Waals surface area contributed by atoms with Crippen LogP contribution in [-0.4, -0.2) is 18.5 Å². The summed E-state index contributed by atoms with van der Waals surface area (Å²) in [6.07, 6.45) is 5.37. The van der Waals surface area contributed by atoms with Crippen LogP contribution in [0.25, 0.3) is 0 Å². The van der Waals surface area contributed by atoms with E-state index in [0.717, 1.165) is 30.5 Å². The van der Waals surface area contributed by atoms with Crippen LogP contribution in [0.1, 0.15) is 43.2 Å². The van der Waals surface area contributed by atoms with Crippen molar-refractivity contribution < 1.29 is 4.79 Å². The van der Waals surface area contributed by atoms with Crippen LogP contribution in [-0.2, 0) is 10.2 Å². The van der Waals surface area contributed by atoms with E-state index in [1.165, 1.54) is 19.3 Å². The van der Waals surface area contributed by atoms with Gasteiger partial charge in [0.2, 0.25) is 5.91 Å². The fraction of sp³-hybridized carbons (Fsp3) is 0.381. The summed E-state index contributed by atoms with van der Waals surface area (Å²) in [5.41, 5.74) is 7.20. The molecule has 1 heterocycles. The lowest BCUT2D eigenvalue weighted by Crippen LogP contribution is -2.44. The first-order valence-corrected chi connectivity index (χ1v) is 8.88. The van der Waals surface area contributed by atoms with Crippen molar-refractivity contribution in [3.63, 3.8) is 0 Å². The van der Waals surface area contributed by atoms with Crippen LogP contribution in [0.2, 0.25) is 0 Å². The number of carbonyl (C=O) groups is 1. The van der Waals surface area contributed by atoms with Crippen molar-refractivity contribution in [1.82, 2.24) is 5.32 Å². The molecule has 1 amide bonds. The van der Waals surface area contributed by atoms with Crippen molar-refractivity contribution in [3.8, 4) is 0 Å². The summed E-state index contributed by atoms with van der Waals surface area (Å²) in [5.74, 6) is -0.268. The second kappa shape index (κ2) is 9.02. The summed E-state index contributed by atoms with van der Waals surface area (Å²) in [7, 11) is 0. The maximum atomic E-state index is 12.7. The molecule has 2 aromatic rings. The molecule has 1 unspecified atom stereocenters. The number of nitrogens with one attached hydrogen (secondary N) is 1. The first kappa shape index (κ1) is 19.5. The van der Waals surface area contributed by atoms with E-state index >= 15 is 0 Å². The van der Waals surface area contributed by atoms with Crippen molar-refractivity contribution in [2.75, 3.05) is 6.54 Å². The number of piperidine rings is 1. The Labute approximate surface area is 156 Å². The molecule has 3 N–H and O–H groups in total. The van der Waals surface area contributed by atoms with Crippen molar-refractivity contribution >= 4 is 18.3 Å². The molecule has 1 saturated heterocycles. The van der Waals surface area contributed by atoms with Gasteiger partial charge < -0.3 is 11.1 Å². The lowest BCUT2D eigenvalue weighted by atomic mass is 9.70. The van der Waals surface area contributed by atoms with E-state index in [1.807, 2.05) is 60.7 Å². The zero-order valence-electron chi connectivity index (χ0n) is 14.5.